The molecule has 1 heterocycles. The van der Waals surface area contributed by atoms with Crippen LogP contribution in [0.1, 0.15) is 16.7 Å². The molecule has 0 fully saturated rings. The molecule has 0 aliphatic carbocycles. The zero-order valence-electron chi connectivity index (χ0n) is 20.4. The normalized spacial score (nSPS) is 11.2. The molecule has 0 aliphatic rings. The number of hydrogen-bond acceptors (Lipinski definition) is 5. The highest BCUT2D eigenvalue weighted by atomic mass is 35.5. The standard InChI is InChI=1S/C30H24ClN3O3/c1-20-9-8-10-21(15-20)19-37-28-25(31)16-22(17-27(28)36-2)18-32-34-29(23-11-4-3-5-12-23)33-26-14-7-6-13-24(26)30(34)35/h3-18H,19H2,1-2H3. The molecule has 0 bridgehead atoms. The Morgan fingerprint density at radius 1 is 0.973 bits per heavy atom. The van der Waals surface area contributed by atoms with E-state index < -0.39 is 0 Å². The van der Waals surface area contributed by atoms with Gasteiger partial charge in [0.2, 0.25) is 0 Å². The third kappa shape index (κ3) is 5.25. The monoisotopic (exact) mass is 509 g/mol. The SMILES string of the molecule is COc1cc(C=Nn2c(-c3ccccc3)nc3ccccc3c2=O)cc(Cl)c1OCc1cccc(C)c1. The van der Waals surface area contributed by atoms with E-state index in [-0.39, 0.29) is 5.56 Å². The molecule has 0 unspecified atom stereocenters. The molecule has 5 rings (SSSR count). The molecule has 184 valence electrons. The van der Waals surface area contributed by atoms with Crippen molar-refractivity contribution in [2.75, 3.05) is 7.11 Å². The van der Waals surface area contributed by atoms with Crippen LogP contribution in [0.15, 0.2) is 101 Å². The fraction of sp³-hybridized carbons (Fsp3) is 0.100. The smallest absolute Gasteiger partial charge is 0.282 e. The predicted octanol–water partition coefficient (Wildman–Crippen LogP) is 6.50. The molecular weight excluding hydrogens is 486 g/mol. The summed E-state index contributed by atoms with van der Waals surface area (Å²) in [5.74, 6) is 1.35. The molecule has 0 N–H and O–H groups in total. The van der Waals surface area contributed by atoms with E-state index in [4.69, 9.17) is 26.1 Å². The van der Waals surface area contributed by atoms with Gasteiger partial charge in [0, 0.05) is 5.56 Å². The highest BCUT2D eigenvalue weighted by Crippen LogP contribution is 2.36. The van der Waals surface area contributed by atoms with Crippen molar-refractivity contribution >= 4 is 28.7 Å². The Morgan fingerprint density at radius 3 is 2.54 bits per heavy atom. The lowest BCUT2D eigenvalue weighted by atomic mass is 10.1. The van der Waals surface area contributed by atoms with Gasteiger partial charge < -0.3 is 9.47 Å². The van der Waals surface area contributed by atoms with Crippen LogP contribution in [0.25, 0.3) is 22.3 Å². The summed E-state index contributed by atoms with van der Waals surface area (Å²) >= 11 is 6.58. The Bertz CT molecular complexity index is 1660. The fourth-order valence-corrected chi connectivity index (χ4v) is 4.31. The lowest BCUT2D eigenvalue weighted by molar-refractivity contribution is 0.284. The number of para-hydroxylation sites is 1. The lowest BCUT2D eigenvalue weighted by Crippen LogP contribution is -2.20. The molecule has 7 heteroatoms. The molecule has 0 spiro atoms. The molecule has 0 aliphatic heterocycles. The van der Waals surface area contributed by atoms with E-state index in [1.165, 1.54) is 4.68 Å². The quantitative estimate of drug-likeness (QED) is 0.235. The van der Waals surface area contributed by atoms with Gasteiger partial charge in [-0.3, -0.25) is 4.79 Å². The van der Waals surface area contributed by atoms with E-state index in [0.717, 1.165) is 16.7 Å². The topological polar surface area (TPSA) is 65.7 Å². The van der Waals surface area contributed by atoms with Crippen LogP contribution in [-0.4, -0.2) is 23.0 Å². The number of methoxy groups -OCH3 is 1. The zero-order chi connectivity index (χ0) is 25.8. The number of aryl methyl sites for hydroxylation is 1. The first-order valence-corrected chi connectivity index (χ1v) is 12.1. The van der Waals surface area contributed by atoms with Crippen LogP contribution in [0.2, 0.25) is 5.02 Å². The Labute approximate surface area is 219 Å². The molecule has 6 nitrogen and oxygen atoms in total. The van der Waals surface area contributed by atoms with Gasteiger partial charge in [-0.15, -0.1) is 0 Å². The van der Waals surface area contributed by atoms with Crippen LogP contribution >= 0.6 is 11.6 Å². The van der Waals surface area contributed by atoms with Crippen molar-refractivity contribution < 1.29 is 9.47 Å². The van der Waals surface area contributed by atoms with Crippen molar-refractivity contribution in [3.05, 3.63) is 123 Å². The minimum Gasteiger partial charge on any atom is -0.493 e. The Morgan fingerprint density at radius 2 is 1.76 bits per heavy atom. The van der Waals surface area contributed by atoms with E-state index >= 15 is 0 Å². The van der Waals surface area contributed by atoms with Crippen LogP contribution in [0.4, 0.5) is 0 Å². The van der Waals surface area contributed by atoms with E-state index in [9.17, 15) is 4.79 Å². The maximum Gasteiger partial charge on any atom is 0.282 e. The first-order valence-electron chi connectivity index (χ1n) is 11.7. The number of fused-ring (bicyclic) bond motifs is 1. The molecule has 1 aromatic heterocycles. The first kappa shape index (κ1) is 24.3. The van der Waals surface area contributed by atoms with Gasteiger partial charge in [-0.1, -0.05) is 83.9 Å². The summed E-state index contributed by atoms with van der Waals surface area (Å²) in [7, 11) is 1.55. The average molecular weight is 510 g/mol. The molecular formula is C30H24ClN3O3. The highest BCUT2D eigenvalue weighted by Gasteiger charge is 2.14. The average Bonchev–Trinajstić information content (AvgIpc) is 2.92. The van der Waals surface area contributed by atoms with Gasteiger partial charge in [-0.05, 0) is 42.3 Å². The largest absolute Gasteiger partial charge is 0.493 e. The summed E-state index contributed by atoms with van der Waals surface area (Å²) in [6.07, 6.45) is 1.56. The fourth-order valence-electron chi connectivity index (χ4n) is 4.04. The van der Waals surface area contributed by atoms with E-state index in [1.54, 1.807) is 31.5 Å². The summed E-state index contributed by atoms with van der Waals surface area (Å²) in [6, 6.07) is 28.3. The van der Waals surface area contributed by atoms with Crippen LogP contribution < -0.4 is 15.0 Å². The van der Waals surface area contributed by atoms with E-state index in [2.05, 4.69) is 11.2 Å². The first-order chi connectivity index (χ1) is 18.0. The van der Waals surface area contributed by atoms with Crippen molar-refractivity contribution in [1.82, 2.24) is 9.66 Å². The Kier molecular flexibility index (Phi) is 7.01. The number of hydrogen-bond donors (Lipinski definition) is 0. The van der Waals surface area contributed by atoms with Crippen molar-refractivity contribution in [2.24, 2.45) is 5.10 Å². The molecule has 5 aromatic rings. The minimum atomic E-state index is -0.267. The number of halogens is 1. The van der Waals surface area contributed by atoms with Gasteiger partial charge in [-0.25, -0.2) is 4.98 Å². The minimum absolute atomic E-state index is 0.267. The van der Waals surface area contributed by atoms with Crippen LogP contribution in [0.5, 0.6) is 11.5 Å². The molecule has 4 aromatic carbocycles. The second-order valence-electron chi connectivity index (χ2n) is 8.49. The molecule has 0 atom stereocenters. The number of rotatable bonds is 7. The predicted molar refractivity (Wildman–Crippen MR) is 148 cm³/mol. The third-order valence-corrected chi connectivity index (χ3v) is 6.11. The lowest BCUT2D eigenvalue weighted by Gasteiger charge is -2.14. The molecule has 0 saturated carbocycles. The van der Waals surface area contributed by atoms with Gasteiger partial charge in [0.1, 0.15) is 6.61 Å². The molecule has 0 amide bonds. The van der Waals surface area contributed by atoms with Crippen molar-refractivity contribution in [3.8, 4) is 22.9 Å². The Hall–Kier alpha value is -4.42. The van der Waals surface area contributed by atoms with Crippen LogP contribution in [0, 0.1) is 6.92 Å². The summed E-state index contributed by atoms with van der Waals surface area (Å²) < 4.78 is 12.9. The number of nitrogens with zero attached hydrogens (tertiary/aromatic N) is 3. The Balaban J connectivity index is 1.52. The van der Waals surface area contributed by atoms with Crippen molar-refractivity contribution in [3.63, 3.8) is 0 Å². The van der Waals surface area contributed by atoms with Crippen LogP contribution in [0.3, 0.4) is 0 Å². The van der Waals surface area contributed by atoms with E-state index in [1.807, 2.05) is 73.7 Å². The molecule has 0 radical (unpaired) electrons. The summed E-state index contributed by atoms with van der Waals surface area (Å²) in [4.78, 5) is 18.1. The van der Waals surface area contributed by atoms with Gasteiger partial charge in [0.05, 0.1) is 29.2 Å². The summed E-state index contributed by atoms with van der Waals surface area (Å²) in [5.41, 5.74) is 3.94. The number of benzene rings is 4. The van der Waals surface area contributed by atoms with Crippen molar-refractivity contribution in [2.45, 2.75) is 13.5 Å². The number of aromatic nitrogens is 2. The van der Waals surface area contributed by atoms with E-state index in [0.29, 0.717) is 45.4 Å². The molecule has 0 saturated heterocycles. The van der Waals surface area contributed by atoms with Gasteiger partial charge >= 0.3 is 0 Å². The summed E-state index contributed by atoms with van der Waals surface area (Å²) in [6.45, 7) is 2.38. The van der Waals surface area contributed by atoms with Crippen LogP contribution in [-0.2, 0) is 6.61 Å². The summed E-state index contributed by atoms with van der Waals surface area (Å²) in [5, 5.41) is 5.37. The third-order valence-electron chi connectivity index (χ3n) is 5.83. The number of ether oxygens (including phenoxy) is 2. The second-order valence-corrected chi connectivity index (χ2v) is 8.90. The maximum atomic E-state index is 13.4. The second kappa shape index (κ2) is 10.7. The maximum absolute atomic E-state index is 13.4. The van der Waals surface area contributed by atoms with Gasteiger partial charge in [0.25, 0.3) is 5.56 Å². The zero-order valence-corrected chi connectivity index (χ0v) is 21.1. The van der Waals surface area contributed by atoms with Gasteiger partial charge in [-0.2, -0.15) is 9.78 Å². The highest BCUT2D eigenvalue weighted by molar-refractivity contribution is 6.32. The van der Waals surface area contributed by atoms with Crippen molar-refractivity contribution in [1.29, 1.82) is 0 Å². The molecule has 37 heavy (non-hydrogen) atoms. The van der Waals surface area contributed by atoms with Gasteiger partial charge in [0.15, 0.2) is 17.3 Å².